The molecule has 0 aliphatic rings. The molecule has 17 heavy (non-hydrogen) atoms. The Hall–Kier alpha value is -0.603. The van der Waals surface area contributed by atoms with E-state index in [4.69, 9.17) is 4.43 Å². The van der Waals surface area contributed by atoms with E-state index in [1.807, 2.05) is 0 Å². The van der Waals surface area contributed by atoms with E-state index in [0.717, 1.165) is 6.42 Å². The van der Waals surface area contributed by atoms with Crippen LogP contribution in [0.1, 0.15) is 45.8 Å². The van der Waals surface area contributed by atoms with Crippen molar-refractivity contribution in [3.8, 4) is 0 Å². The number of benzene rings is 1. The van der Waals surface area contributed by atoms with E-state index in [1.165, 1.54) is 5.56 Å². The monoisotopic (exact) mass is 250 g/mol. The van der Waals surface area contributed by atoms with Gasteiger partial charge in [-0.15, -0.1) is 0 Å². The van der Waals surface area contributed by atoms with Gasteiger partial charge in [-0.05, 0) is 30.1 Å². The van der Waals surface area contributed by atoms with Crippen molar-refractivity contribution < 1.29 is 4.43 Å². The van der Waals surface area contributed by atoms with Crippen molar-refractivity contribution in [2.24, 2.45) is 0 Å². The van der Waals surface area contributed by atoms with E-state index >= 15 is 0 Å². The van der Waals surface area contributed by atoms with Gasteiger partial charge in [0.2, 0.25) is 0 Å². The average Bonchev–Trinajstić information content (AvgIpc) is 2.25. The number of hydrogen-bond acceptors (Lipinski definition) is 1. The van der Waals surface area contributed by atoms with E-state index in [0.29, 0.717) is 0 Å². The Morgan fingerprint density at radius 2 is 1.65 bits per heavy atom. The molecule has 0 heterocycles. The molecule has 1 atom stereocenters. The zero-order valence-electron chi connectivity index (χ0n) is 12.1. The molecular weight excluding hydrogens is 224 g/mol. The van der Waals surface area contributed by atoms with Gasteiger partial charge in [0.15, 0.2) is 8.32 Å². The van der Waals surface area contributed by atoms with E-state index in [1.54, 1.807) is 0 Å². The Bertz CT molecular complexity index is 338. The van der Waals surface area contributed by atoms with Crippen LogP contribution in [-0.4, -0.2) is 8.32 Å². The normalized spacial score (nSPS) is 14.7. The van der Waals surface area contributed by atoms with Gasteiger partial charge in [0.1, 0.15) is 0 Å². The molecule has 1 aromatic carbocycles. The van der Waals surface area contributed by atoms with Gasteiger partial charge in [-0.25, -0.2) is 0 Å². The minimum absolute atomic E-state index is 0.247. The quantitative estimate of drug-likeness (QED) is 0.671. The molecule has 0 N–H and O–H groups in total. The molecule has 1 rings (SSSR count). The molecule has 0 radical (unpaired) electrons. The Morgan fingerprint density at radius 1 is 1.12 bits per heavy atom. The first-order valence-corrected chi connectivity index (χ1v) is 9.41. The van der Waals surface area contributed by atoms with Gasteiger partial charge < -0.3 is 4.43 Å². The Labute approximate surface area is 107 Å². The van der Waals surface area contributed by atoms with Crippen LogP contribution < -0.4 is 0 Å². The molecule has 0 unspecified atom stereocenters. The van der Waals surface area contributed by atoms with Gasteiger partial charge in [-0.2, -0.15) is 0 Å². The second kappa shape index (κ2) is 5.36. The highest BCUT2D eigenvalue weighted by Crippen LogP contribution is 2.40. The van der Waals surface area contributed by atoms with E-state index in [2.05, 4.69) is 71.1 Å². The third kappa shape index (κ3) is 3.68. The molecule has 0 fully saturated rings. The van der Waals surface area contributed by atoms with Crippen molar-refractivity contribution in [2.45, 2.75) is 58.4 Å². The molecule has 0 aliphatic heterocycles. The fourth-order valence-electron chi connectivity index (χ4n) is 1.59. The summed E-state index contributed by atoms with van der Waals surface area (Å²) in [5.41, 5.74) is 1.31. The lowest BCUT2D eigenvalue weighted by molar-refractivity contribution is 0.179. The number of rotatable bonds is 4. The lowest BCUT2D eigenvalue weighted by Gasteiger charge is -2.39. The van der Waals surface area contributed by atoms with Crippen LogP contribution in [-0.2, 0) is 4.43 Å². The second-order valence-corrected chi connectivity index (χ2v) is 10.9. The molecule has 0 amide bonds. The molecule has 0 bridgehead atoms. The summed E-state index contributed by atoms with van der Waals surface area (Å²) >= 11 is 0. The summed E-state index contributed by atoms with van der Waals surface area (Å²) in [6.07, 6.45) is 1.29. The van der Waals surface area contributed by atoms with Gasteiger partial charge in [0, 0.05) is 0 Å². The highest BCUT2D eigenvalue weighted by Gasteiger charge is 2.39. The summed E-state index contributed by atoms with van der Waals surface area (Å²) in [5.74, 6) is 0. The highest BCUT2D eigenvalue weighted by molar-refractivity contribution is 6.74. The van der Waals surface area contributed by atoms with Crippen molar-refractivity contribution >= 4 is 8.32 Å². The zero-order chi connectivity index (χ0) is 13.1. The van der Waals surface area contributed by atoms with Crippen molar-refractivity contribution in [1.82, 2.24) is 0 Å². The maximum atomic E-state index is 6.48. The van der Waals surface area contributed by atoms with Gasteiger partial charge in [0.25, 0.3) is 0 Å². The predicted octanol–water partition coefficient (Wildman–Crippen LogP) is 5.16. The largest absolute Gasteiger partial charge is 0.410 e. The van der Waals surface area contributed by atoms with Crippen LogP contribution in [0.4, 0.5) is 0 Å². The number of hydrogen-bond donors (Lipinski definition) is 0. The van der Waals surface area contributed by atoms with E-state index in [-0.39, 0.29) is 11.1 Å². The van der Waals surface area contributed by atoms with Gasteiger partial charge in [-0.1, -0.05) is 58.0 Å². The molecular formula is C15H26OSi. The summed E-state index contributed by atoms with van der Waals surface area (Å²) in [5, 5.41) is 0.273. The first-order valence-electron chi connectivity index (χ1n) is 6.50. The van der Waals surface area contributed by atoms with Crippen LogP contribution in [0.15, 0.2) is 30.3 Å². The summed E-state index contributed by atoms with van der Waals surface area (Å²) in [6, 6.07) is 10.6. The van der Waals surface area contributed by atoms with Crippen molar-refractivity contribution in [3.05, 3.63) is 35.9 Å². The predicted molar refractivity (Wildman–Crippen MR) is 77.8 cm³/mol. The minimum Gasteiger partial charge on any atom is -0.410 e. The van der Waals surface area contributed by atoms with Crippen LogP contribution in [0.2, 0.25) is 18.1 Å². The second-order valence-electron chi connectivity index (χ2n) is 6.19. The molecule has 0 saturated carbocycles. The minimum atomic E-state index is -1.67. The molecule has 0 saturated heterocycles. The topological polar surface area (TPSA) is 9.23 Å². The van der Waals surface area contributed by atoms with Crippen LogP contribution in [0.3, 0.4) is 0 Å². The Morgan fingerprint density at radius 3 is 2.06 bits per heavy atom. The standard InChI is InChI=1S/C15H26OSi/c1-7-14(13-11-9-8-10-12-13)16-17(5,6)15(2,3)4/h8-12,14H,7H2,1-6H3/t14-/m0/s1. The molecule has 1 nitrogen and oxygen atoms in total. The lowest BCUT2D eigenvalue weighted by Crippen LogP contribution is -2.41. The average molecular weight is 250 g/mol. The summed E-state index contributed by atoms with van der Waals surface area (Å²) in [6.45, 7) is 13.7. The van der Waals surface area contributed by atoms with Crippen LogP contribution in [0, 0.1) is 0 Å². The van der Waals surface area contributed by atoms with Gasteiger partial charge in [-0.3, -0.25) is 0 Å². The third-order valence-corrected chi connectivity index (χ3v) is 8.27. The maximum absolute atomic E-state index is 6.48. The fourth-order valence-corrected chi connectivity index (χ4v) is 2.95. The summed E-state index contributed by atoms with van der Waals surface area (Å²) < 4.78 is 6.48. The molecule has 2 heteroatoms. The van der Waals surface area contributed by atoms with Crippen LogP contribution in [0.5, 0.6) is 0 Å². The first kappa shape index (κ1) is 14.5. The summed E-state index contributed by atoms with van der Waals surface area (Å²) in [4.78, 5) is 0. The van der Waals surface area contributed by atoms with Crippen molar-refractivity contribution in [3.63, 3.8) is 0 Å². The van der Waals surface area contributed by atoms with Crippen LogP contribution in [0.25, 0.3) is 0 Å². The van der Waals surface area contributed by atoms with Crippen molar-refractivity contribution in [1.29, 1.82) is 0 Å². The third-order valence-electron chi connectivity index (χ3n) is 3.79. The van der Waals surface area contributed by atoms with Crippen molar-refractivity contribution in [2.75, 3.05) is 0 Å². The molecule has 0 spiro atoms. The van der Waals surface area contributed by atoms with E-state index in [9.17, 15) is 0 Å². The maximum Gasteiger partial charge on any atom is 0.192 e. The molecule has 1 aromatic rings. The molecule has 0 aliphatic carbocycles. The lowest BCUT2D eigenvalue weighted by atomic mass is 10.1. The zero-order valence-corrected chi connectivity index (χ0v) is 13.1. The van der Waals surface area contributed by atoms with Gasteiger partial charge in [0.05, 0.1) is 6.10 Å². The molecule has 96 valence electrons. The highest BCUT2D eigenvalue weighted by atomic mass is 28.4. The summed E-state index contributed by atoms with van der Waals surface area (Å²) in [7, 11) is -1.67. The van der Waals surface area contributed by atoms with Crippen LogP contribution >= 0.6 is 0 Å². The van der Waals surface area contributed by atoms with Gasteiger partial charge >= 0.3 is 0 Å². The Kier molecular flexibility index (Phi) is 4.56. The molecule has 0 aromatic heterocycles. The van der Waals surface area contributed by atoms with E-state index < -0.39 is 8.32 Å². The smallest absolute Gasteiger partial charge is 0.192 e. The first-order chi connectivity index (χ1) is 7.78. The fraction of sp³-hybridized carbons (Fsp3) is 0.600. The Balaban J connectivity index is 2.85. The SMILES string of the molecule is CC[C@H](O[Si](C)(C)C(C)(C)C)c1ccccc1.